The fourth-order valence-electron chi connectivity index (χ4n) is 7.04. The quantitative estimate of drug-likeness (QED) is 0.247. The van der Waals surface area contributed by atoms with Crippen LogP contribution in [0.1, 0.15) is 77.7 Å². The van der Waals surface area contributed by atoms with Crippen LogP contribution in [0.2, 0.25) is 0 Å². The molecule has 0 aromatic carbocycles. The maximum absolute atomic E-state index is 13.4. The highest BCUT2D eigenvalue weighted by Crippen LogP contribution is 2.44. The van der Waals surface area contributed by atoms with E-state index in [2.05, 4.69) is 15.6 Å². The Balaban J connectivity index is 0.000000304. The van der Waals surface area contributed by atoms with Crippen LogP contribution in [0.25, 0.3) is 0 Å². The van der Waals surface area contributed by atoms with Crippen molar-refractivity contribution in [2.45, 2.75) is 96.0 Å². The minimum absolute atomic E-state index is 0.0455. The van der Waals surface area contributed by atoms with Crippen LogP contribution in [0.5, 0.6) is 0 Å². The van der Waals surface area contributed by atoms with Crippen LogP contribution in [0.15, 0.2) is 18.3 Å². The van der Waals surface area contributed by atoms with Crippen molar-refractivity contribution in [3.63, 3.8) is 0 Å². The molecule has 1 aliphatic heterocycles. The van der Waals surface area contributed by atoms with E-state index < -0.39 is 46.3 Å². The van der Waals surface area contributed by atoms with Gasteiger partial charge in [0.2, 0.25) is 5.91 Å². The van der Waals surface area contributed by atoms with Gasteiger partial charge in [-0.2, -0.15) is 13.2 Å². The number of aliphatic carboxylic acids is 1. The first-order valence-corrected chi connectivity index (χ1v) is 17.1. The van der Waals surface area contributed by atoms with E-state index in [4.69, 9.17) is 19.3 Å². The van der Waals surface area contributed by atoms with E-state index in [1.165, 1.54) is 0 Å². The van der Waals surface area contributed by atoms with Crippen molar-refractivity contribution >= 4 is 29.9 Å². The van der Waals surface area contributed by atoms with Crippen molar-refractivity contribution < 1.29 is 56.8 Å². The van der Waals surface area contributed by atoms with E-state index in [9.17, 15) is 37.5 Å². The molecule has 3 aliphatic rings. The summed E-state index contributed by atoms with van der Waals surface area (Å²) in [6.07, 6.45) is -0.761. The van der Waals surface area contributed by atoms with E-state index in [1.54, 1.807) is 44.8 Å². The van der Waals surface area contributed by atoms with E-state index in [-0.39, 0.29) is 23.8 Å². The largest absolute Gasteiger partial charge is 0.481 e. The van der Waals surface area contributed by atoms with Gasteiger partial charge in [0, 0.05) is 71.9 Å². The van der Waals surface area contributed by atoms with Crippen LogP contribution < -0.4 is 15.5 Å². The Morgan fingerprint density at radius 2 is 1.45 bits per heavy atom. The number of rotatable bonds is 11. The summed E-state index contributed by atoms with van der Waals surface area (Å²) in [5.74, 6) is -0.624. The molecule has 4 atom stereocenters. The van der Waals surface area contributed by atoms with Crippen LogP contribution in [0, 0.1) is 10.8 Å². The SMILES string of the molecule is COCC[C@]1(C(=O)N2CCN(c3cc(C(F)(F)F)ccn3)CC2)CC[C@@H](NC(=O)O)C1.COCC[C@]1(C(=O)O)CC[C@@H](NC(=O)OC(C)(C)C)C1. The van der Waals surface area contributed by atoms with Crippen LogP contribution in [-0.2, 0) is 30.0 Å². The lowest BCUT2D eigenvalue weighted by Gasteiger charge is -2.40. The minimum atomic E-state index is -4.44. The third-order valence-corrected chi connectivity index (χ3v) is 9.71. The number of anilines is 1. The monoisotopic (exact) mass is 731 g/mol. The summed E-state index contributed by atoms with van der Waals surface area (Å²) in [6.45, 7) is 7.65. The number of nitrogens with zero attached hydrogens (tertiary/aromatic N) is 3. The molecule has 1 aromatic heterocycles. The Kier molecular flexibility index (Phi) is 14.3. The van der Waals surface area contributed by atoms with Crippen LogP contribution >= 0.6 is 0 Å². The standard InChI is InChI=1S/C20H27F3N4O4.C14H25NO5/c1-31-11-5-19(4-2-15(13-19)25-18(29)30)17(28)27-9-7-26(8-10-27)16-12-14(3-6-24-16)20(21,22)23;1-13(2,3)20-12(18)15-10-5-6-14(9-10,11(16)17)7-8-19-4/h3,6,12,15,25H,2,4-5,7-11,13H2,1H3,(H,29,30);10H,5-9H2,1-4H3,(H,15,18)(H,16,17)/t15-,19-;10-,14-/m11/s1. The maximum atomic E-state index is 13.4. The van der Waals surface area contributed by atoms with Gasteiger partial charge in [-0.3, -0.25) is 9.59 Å². The summed E-state index contributed by atoms with van der Waals surface area (Å²) >= 11 is 0. The molecule has 3 fully saturated rings. The summed E-state index contributed by atoms with van der Waals surface area (Å²) in [4.78, 5) is 55.1. The number of amides is 3. The van der Waals surface area contributed by atoms with Gasteiger partial charge in [0.1, 0.15) is 11.4 Å². The molecular weight excluding hydrogens is 679 g/mol. The maximum Gasteiger partial charge on any atom is 0.416 e. The molecule has 2 heterocycles. The fraction of sp³-hybridized carbons (Fsp3) is 0.735. The van der Waals surface area contributed by atoms with E-state index >= 15 is 0 Å². The van der Waals surface area contributed by atoms with E-state index in [0.29, 0.717) is 90.8 Å². The summed E-state index contributed by atoms with van der Waals surface area (Å²) in [5, 5.41) is 23.7. The van der Waals surface area contributed by atoms with Gasteiger partial charge in [0.25, 0.3) is 0 Å². The third kappa shape index (κ3) is 11.8. The molecule has 0 radical (unpaired) electrons. The highest BCUT2D eigenvalue weighted by molar-refractivity contribution is 5.83. The number of ether oxygens (including phenoxy) is 3. The predicted octanol–water partition coefficient (Wildman–Crippen LogP) is 4.76. The minimum Gasteiger partial charge on any atom is -0.481 e. The van der Waals surface area contributed by atoms with Crippen LogP contribution in [0.3, 0.4) is 0 Å². The number of carbonyl (C=O) groups is 4. The molecule has 2 saturated carbocycles. The molecule has 14 nitrogen and oxygen atoms in total. The van der Waals surface area contributed by atoms with Gasteiger partial charge >= 0.3 is 24.3 Å². The smallest absolute Gasteiger partial charge is 0.416 e. The molecule has 2 aliphatic carbocycles. The first kappa shape index (κ1) is 41.6. The first-order valence-electron chi connectivity index (χ1n) is 17.1. The van der Waals surface area contributed by atoms with Crippen molar-refractivity contribution in [3.05, 3.63) is 23.9 Å². The Labute approximate surface area is 296 Å². The average Bonchev–Trinajstić information content (AvgIpc) is 3.66. The van der Waals surface area contributed by atoms with Crippen molar-refractivity contribution in [2.75, 3.05) is 58.5 Å². The topological polar surface area (TPSA) is 180 Å². The number of carboxylic acids is 1. The Morgan fingerprint density at radius 1 is 0.902 bits per heavy atom. The summed E-state index contributed by atoms with van der Waals surface area (Å²) in [5.41, 5.74) is -2.80. The number of hydrogen-bond donors (Lipinski definition) is 4. The highest BCUT2D eigenvalue weighted by atomic mass is 19.4. The molecule has 51 heavy (non-hydrogen) atoms. The molecule has 0 bridgehead atoms. The first-order chi connectivity index (χ1) is 23.8. The van der Waals surface area contributed by atoms with Gasteiger partial charge in [-0.15, -0.1) is 0 Å². The van der Waals surface area contributed by atoms with Crippen LogP contribution in [0.4, 0.5) is 28.6 Å². The lowest BCUT2D eigenvalue weighted by molar-refractivity contribution is -0.150. The molecule has 1 saturated heterocycles. The van der Waals surface area contributed by atoms with Gasteiger partial charge in [-0.25, -0.2) is 14.6 Å². The number of hydrogen-bond acceptors (Lipinski definition) is 9. The molecule has 3 amide bonds. The van der Waals surface area contributed by atoms with Gasteiger partial charge < -0.3 is 44.9 Å². The number of halogens is 3. The lowest BCUT2D eigenvalue weighted by atomic mass is 9.81. The van der Waals surface area contributed by atoms with Crippen molar-refractivity contribution in [1.29, 1.82) is 0 Å². The number of nitrogens with one attached hydrogen (secondary N) is 2. The Morgan fingerprint density at radius 3 is 1.98 bits per heavy atom. The van der Waals surface area contributed by atoms with Gasteiger partial charge in [-0.1, -0.05) is 0 Å². The van der Waals surface area contributed by atoms with Crippen LogP contribution in [-0.4, -0.2) is 115 Å². The summed E-state index contributed by atoms with van der Waals surface area (Å²) < 4.78 is 54.3. The molecule has 17 heteroatoms. The molecule has 0 unspecified atom stereocenters. The van der Waals surface area contributed by atoms with Gasteiger partial charge in [-0.05, 0) is 84.3 Å². The zero-order valence-electron chi connectivity index (χ0n) is 30.0. The molecule has 0 spiro atoms. The van der Waals surface area contributed by atoms with Crippen molar-refractivity contribution in [3.8, 4) is 0 Å². The number of carboxylic acid groups (broad SMARTS) is 2. The molecule has 288 valence electrons. The van der Waals surface area contributed by atoms with E-state index in [0.717, 1.165) is 18.3 Å². The Hall–Kier alpha value is -3.86. The third-order valence-electron chi connectivity index (χ3n) is 9.71. The Bertz CT molecular complexity index is 1350. The molecule has 4 N–H and O–H groups in total. The summed E-state index contributed by atoms with van der Waals surface area (Å²) in [6, 6.07) is 1.52. The second-order valence-corrected chi connectivity index (χ2v) is 14.5. The highest BCUT2D eigenvalue weighted by Gasteiger charge is 2.48. The zero-order chi connectivity index (χ0) is 38.0. The number of alkyl carbamates (subject to hydrolysis) is 1. The van der Waals surface area contributed by atoms with Gasteiger partial charge in [0.15, 0.2) is 0 Å². The second kappa shape index (κ2) is 17.6. The lowest BCUT2D eigenvalue weighted by Crippen LogP contribution is -2.53. The molecule has 1 aromatic rings. The average molecular weight is 732 g/mol. The van der Waals surface area contributed by atoms with Crippen molar-refractivity contribution in [2.24, 2.45) is 10.8 Å². The fourth-order valence-corrected chi connectivity index (χ4v) is 7.04. The number of methoxy groups -OCH3 is 2. The second-order valence-electron chi connectivity index (χ2n) is 14.5. The number of pyridine rings is 1. The van der Waals surface area contributed by atoms with E-state index in [1.807, 2.05) is 0 Å². The normalized spacial score (nSPS) is 25.1. The number of aromatic nitrogens is 1. The number of piperazine rings is 1. The van der Waals surface area contributed by atoms with Gasteiger partial charge in [0.05, 0.1) is 16.4 Å². The summed E-state index contributed by atoms with van der Waals surface area (Å²) in [7, 11) is 3.11. The molecular formula is C34H52F3N5O9. The predicted molar refractivity (Wildman–Crippen MR) is 179 cm³/mol. The number of carbonyl (C=O) groups excluding carboxylic acids is 2. The number of alkyl halides is 3. The zero-order valence-corrected chi connectivity index (χ0v) is 30.0. The molecule has 4 rings (SSSR count). The van der Waals surface area contributed by atoms with Crippen molar-refractivity contribution in [1.82, 2.24) is 20.5 Å².